The molecule has 2 aromatic heterocycles. The fourth-order valence-corrected chi connectivity index (χ4v) is 4.38. The third-order valence-electron chi connectivity index (χ3n) is 3.29. The monoisotopic (exact) mass is 365 g/mol. The highest BCUT2D eigenvalue weighted by Gasteiger charge is 2.25. The van der Waals surface area contributed by atoms with Crippen molar-refractivity contribution in [3.05, 3.63) is 51.9 Å². The molecule has 0 aliphatic heterocycles. The molecule has 126 valence electrons. The Morgan fingerprint density at radius 2 is 2.08 bits per heavy atom. The highest BCUT2D eigenvalue weighted by molar-refractivity contribution is 7.92. The number of nitrogens with zero attached hydrogens (tertiary/aromatic N) is 2. The van der Waals surface area contributed by atoms with Crippen molar-refractivity contribution < 1.29 is 13.2 Å². The molecular weight excluding hydrogens is 350 g/mol. The molecule has 0 unspecified atom stereocenters. The molecule has 24 heavy (non-hydrogen) atoms. The average molecular weight is 365 g/mol. The molecule has 0 fully saturated rings. The molecule has 2 heterocycles. The quantitative estimate of drug-likeness (QED) is 0.749. The van der Waals surface area contributed by atoms with Crippen LogP contribution in [0.15, 0.2) is 45.5 Å². The van der Waals surface area contributed by atoms with E-state index in [9.17, 15) is 13.2 Å². The van der Waals surface area contributed by atoms with Crippen LogP contribution in [0.2, 0.25) is 0 Å². The van der Waals surface area contributed by atoms with E-state index in [2.05, 4.69) is 9.71 Å². The van der Waals surface area contributed by atoms with Gasteiger partial charge in [0, 0.05) is 11.6 Å². The molecule has 7 nitrogen and oxygen atoms in total. The first kappa shape index (κ1) is 16.5. The summed E-state index contributed by atoms with van der Waals surface area (Å²) in [6.07, 6.45) is 1.50. The number of rotatable bonds is 5. The van der Waals surface area contributed by atoms with Crippen molar-refractivity contribution in [2.75, 3.05) is 11.3 Å². The number of aryl methyl sites for hydroxylation is 1. The third kappa shape index (κ3) is 2.87. The molecule has 0 saturated carbocycles. The average Bonchev–Trinajstić information content (AvgIpc) is 2.97. The highest BCUT2D eigenvalue weighted by Crippen LogP contribution is 2.26. The summed E-state index contributed by atoms with van der Waals surface area (Å²) in [5, 5.41) is 1.68. The van der Waals surface area contributed by atoms with Gasteiger partial charge in [0.1, 0.15) is 5.75 Å². The van der Waals surface area contributed by atoms with Gasteiger partial charge >= 0.3 is 0 Å². The van der Waals surface area contributed by atoms with E-state index in [1.54, 1.807) is 36.6 Å². The van der Waals surface area contributed by atoms with Gasteiger partial charge in [-0.05, 0) is 26.0 Å². The maximum Gasteiger partial charge on any atom is 0.279 e. The van der Waals surface area contributed by atoms with Crippen molar-refractivity contribution in [3.63, 3.8) is 0 Å². The normalized spacial score (nSPS) is 11.6. The number of benzene rings is 1. The first-order chi connectivity index (χ1) is 11.4. The van der Waals surface area contributed by atoms with Gasteiger partial charge in [0.2, 0.25) is 0 Å². The van der Waals surface area contributed by atoms with E-state index in [1.165, 1.54) is 28.9 Å². The van der Waals surface area contributed by atoms with E-state index < -0.39 is 15.6 Å². The standard InChI is InChI=1S/C15H15N3O4S2/c1-3-22-12-7-5-4-6-11(12)17-24(20,21)13-10(2)16-15-18(14(13)19)8-9-23-15/h4-9,17H,3H2,1-2H3. The number of thiazole rings is 1. The number of hydrogen-bond acceptors (Lipinski definition) is 6. The number of para-hydroxylation sites is 2. The molecule has 1 N–H and O–H groups in total. The van der Waals surface area contributed by atoms with E-state index in [0.29, 0.717) is 17.3 Å². The second-order valence-electron chi connectivity index (χ2n) is 4.92. The lowest BCUT2D eigenvalue weighted by Crippen LogP contribution is -2.27. The van der Waals surface area contributed by atoms with Crippen molar-refractivity contribution in [1.82, 2.24) is 9.38 Å². The van der Waals surface area contributed by atoms with Crippen molar-refractivity contribution in [2.24, 2.45) is 0 Å². The Bertz CT molecular complexity index is 1050. The van der Waals surface area contributed by atoms with Gasteiger partial charge in [0.05, 0.1) is 18.0 Å². The van der Waals surface area contributed by atoms with Crippen molar-refractivity contribution in [3.8, 4) is 5.75 Å². The molecule has 3 rings (SSSR count). The lowest BCUT2D eigenvalue weighted by molar-refractivity contribution is 0.342. The predicted octanol–water partition coefficient (Wildman–Crippen LogP) is 2.26. The summed E-state index contributed by atoms with van der Waals surface area (Å²) in [7, 11) is -4.11. The molecule has 0 amide bonds. The van der Waals surface area contributed by atoms with Crippen LogP contribution in [0.3, 0.4) is 0 Å². The van der Waals surface area contributed by atoms with E-state index >= 15 is 0 Å². The Kier molecular flexibility index (Phi) is 4.29. The van der Waals surface area contributed by atoms with Crippen molar-refractivity contribution in [2.45, 2.75) is 18.7 Å². The number of fused-ring (bicyclic) bond motifs is 1. The number of sulfonamides is 1. The summed E-state index contributed by atoms with van der Waals surface area (Å²) >= 11 is 1.26. The van der Waals surface area contributed by atoms with Crippen LogP contribution in [-0.4, -0.2) is 24.4 Å². The van der Waals surface area contributed by atoms with Crippen LogP contribution in [-0.2, 0) is 10.0 Å². The van der Waals surface area contributed by atoms with E-state index in [4.69, 9.17) is 4.74 Å². The minimum absolute atomic E-state index is 0.156. The SMILES string of the molecule is CCOc1ccccc1NS(=O)(=O)c1c(C)nc2sccn2c1=O. The molecule has 0 aliphatic carbocycles. The zero-order chi connectivity index (χ0) is 17.3. The Morgan fingerprint density at radius 1 is 1.33 bits per heavy atom. The molecule has 0 atom stereocenters. The Balaban J connectivity index is 2.11. The highest BCUT2D eigenvalue weighted by atomic mass is 32.2. The molecule has 3 aromatic rings. The maximum absolute atomic E-state index is 12.7. The number of ether oxygens (including phenoxy) is 1. The smallest absolute Gasteiger partial charge is 0.279 e. The van der Waals surface area contributed by atoms with Gasteiger partial charge in [0.15, 0.2) is 9.86 Å². The molecular formula is C15H15N3O4S2. The number of hydrogen-bond donors (Lipinski definition) is 1. The lowest BCUT2D eigenvalue weighted by Gasteiger charge is -2.13. The second-order valence-corrected chi connectivity index (χ2v) is 7.41. The third-order valence-corrected chi connectivity index (χ3v) is 5.55. The summed E-state index contributed by atoms with van der Waals surface area (Å²) < 4.78 is 34.6. The Hall–Kier alpha value is -2.39. The van der Waals surface area contributed by atoms with Crippen molar-refractivity contribution in [1.29, 1.82) is 0 Å². The van der Waals surface area contributed by atoms with E-state index in [1.807, 2.05) is 0 Å². The van der Waals surface area contributed by atoms with Gasteiger partial charge < -0.3 is 4.74 Å². The van der Waals surface area contributed by atoms with Crippen molar-refractivity contribution >= 4 is 32.0 Å². The summed E-state index contributed by atoms with van der Waals surface area (Å²) in [5.41, 5.74) is -0.197. The van der Waals surface area contributed by atoms with E-state index in [-0.39, 0.29) is 16.3 Å². The van der Waals surface area contributed by atoms with Gasteiger partial charge in [-0.1, -0.05) is 12.1 Å². The Labute approximate surface area is 142 Å². The van der Waals surface area contributed by atoms with Crippen LogP contribution in [0, 0.1) is 6.92 Å². The van der Waals surface area contributed by atoms with Crippen LogP contribution in [0.25, 0.3) is 4.96 Å². The number of nitrogens with one attached hydrogen (secondary N) is 1. The van der Waals surface area contributed by atoms with Gasteiger partial charge in [-0.2, -0.15) is 0 Å². The maximum atomic E-state index is 12.7. The fourth-order valence-electron chi connectivity index (χ4n) is 2.30. The fraction of sp³-hybridized carbons (Fsp3) is 0.200. The van der Waals surface area contributed by atoms with Crippen LogP contribution in [0.5, 0.6) is 5.75 Å². The molecule has 0 saturated heterocycles. The molecule has 0 radical (unpaired) electrons. The van der Waals surface area contributed by atoms with Gasteiger partial charge in [-0.3, -0.25) is 13.9 Å². The number of aromatic nitrogens is 2. The second kappa shape index (κ2) is 6.25. The topological polar surface area (TPSA) is 89.8 Å². The number of anilines is 1. The van der Waals surface area contributed by atoms with Crippen LogP contribution >= 0.6 is 11.3 Å². The molecule has 0 bridgehead atoms. The zero-order valence-electron chi connectivity index (χ0n) is 13.0. The van der Waals surface area contributed by atoms with Gasteiger partial charge in [-0.15, -0.1) is 11.3 Å². The molecule has 0 aliphatic rings. The largest absolute Gasteiger partial charge is 0.492 e. The van der Waals surface area contributed by atoms with Gasteiger partial charge in [0.25, 0.3) is 15.6 Å². The van der Waals surface area contributed by atoms with E-state index in [0.717, 1.165) is 0 Å². The van der Waals surface area contributed by atoms with Crippen LogP contribution in [0.1, 0.15) is 12.6 Å². The summed E-state index contributed by atoms with van der Waals surface area (Å²) in [6, 6.07) is 6.65. The lowest BCUT2D eigenvalue weighted by atomic mass is 10.3. The minimum atomic E-state index is -4.11. The zero-order valence-corrected chi connectivity index (χ0v) is 14.6. The summed E-state index contributed by atoms with van der Waals surface area (Å²) in [4.78, 5) is 16.8. The van der Waals surface area contributed by atoms with Crippen LogP contribution < -0.4 is 15.0 Å². The first-order valence-corrected chi connectivity index (χ1v) is 9.51. The Morgan fingerprint density at radius 3 is 2.83 bits per heavy atom. The predicted molar refractivity (Wildman–Crippen MR) is 92.5 cm³/mol. The summed E-state index contributed by atoms with van der Waals surface area (Å²) in [5.74, 6) is 0.394. The first-order valence-electron chi connectivity index (χ1n) is 7.15. The molecule has 1 aromatic carbocycles. The van der Waals surface area contributed by atoms with Gasteiger partial charge in [-0.25, -0.2) is 13.4 Å². The van der Waals surface area contributed by atoms with Crippen LogP contribution in [0.4, 0.5) is 5.69 Å². The minimum Gasteiger partial charge on any atom is -0.492 e. The molecule has 9 heteroatoms. The molecule has 0 spiro atoms. The summed E-state index contributed by atoms with van der Waals surface area (Å²) in [6.45, 7) is 3.70.